The number of aliphatic hydroxyl groups is 1. The summed E-state index contributed by atoms with van der Waals surface area (Å²) in [6.07, 6.45) is -0.939. The maximum atomic E-state index is 10.9. The average Bonchev–Trinajstić information content (AvgIpc) is 2.75. The van der Waals surface area contributed by atoms with E-state index in [1.54, 1.807) is 0 Å². The van der Waals surface area contributed by atoms with Gasteiger partial charge in [0.25, 0.3) is 0 Å². The molecule has 0 saturated carbocycles. The van der Waals surface area contributed by atoms with Crippen LogP contribution in [0.1, 0.15) is 17.5 Å². The third kappa shape index (κ3) is 3.94. The van der Waals surface area contributed by atoms with Crippen LogP contribution in [0.4, 0.5) is 0 Å². The number of nitrogens with zero attached hydrogens (tertiary/aromatic N) is 3. The highest BCUT2D eigenvalue weighted by atomic mass is 79.9. The molecule has 3 aromatic carbocycles. The van der Waals surface area contributed by atoms with Gasteiger partial charge in [0.15, 0.2) is 17.5 Å². The van der Waals surface area contributed by atoms with E-state index in [9.17, 15) is 5.11 Å². The Morgan fingerprint density at radius 2 is 1.11 bits per heavy atom. The Balaban J connectivity index is 1.84. The van der Waals surface area contributed by atoms with Crippen molar-refractivity contribution in [1.82, 2.24) is 15.0 Å². The van der Waals surface area contributed by atoms with Gasteiger partial charge in [0.2, 0.25) is 0 Å². The number of hydrogen-bond donors (Lipinski definition) is 1. The van der Waals surface area contributed by atoms with Gasteiger partial charge in [-0.05, 0) is 17.7 Å². The topological polar surface area (TPSA) is 58.9 Å². The second kappa shape index (κ2) is 7.78. The quantitative estimate of drug-likeness (QED) is 0.504. The standard InChI is InChI=1S/C22H16BrN3O/c23-18-13-11-15(12-14-18)19(27)22-25-20(16-7-3-1-4-8-16)24-21(26-22)17-9-5-2-6-10-17/h1-14,19,27H. The van der Waals surface area contributed by atoms with Gasteiger partial charge >= 0.3 is 0 Å². The molecule has 0 spiro atoms. The average molecular weight is 418 g/mol. The molecule has 4 nitrogen and oxygen atoms in total. The highest BCUT2D eigenvalue weighted by Crippen LogP contribution is 2.26. The molecule has 0 fully saturated rings. The van der Waals surface area contributed by atoms with Gasteiger partial charge < -0.3 is 5.11 Å². The molecule has 0 aliphatic heterocycles. The predicted octanol–water partition coefficient (Wildman–Crippen LogP) is 5.05. The summed E-state index contributed by atoms with van der Waals surface area (Å²) in [4.78, 5) is 13.7. The van der Waals surface area contributed by atoms with Crippen molar-refractivity contribution in [2.75, 3.05) is 0 Å². The Hall–Kier alpha value is -2.89. The van der Waals surface area contributed by atoms with E-state index in [0.717, 1.165) is 21.2 Å². The molecular formula is C22H16BrN3O. The van der Waals surface area contributed by atoms with E-state index in [0.29, 0.717) is 17.5 Å². The minimum absolute atomic E-state index is 0.324. The lowest BCUT2D eigenvalue weighted by molar-refractivity contribution is 0.210. The van der Waals surface area contributed by atoms with Gasteiger partial charge in [-0.25, -0.2) is 15.0 Å². The molecule has 5 heteroatoms. The molecule has 132 valence electrons. The van der Waals surface area contributed by atoms with Crippen LogP contribution in [0.15, 0.2) is 89.4 Å². The predicted molar refractivity (Wildman–Crippen MR) is 109 cm³/mol. The molecule has 1 atom stereocenters. The molecule has 1 unspecified atom stereocenters. The van der Waals surface area contributed by atoms with E-state index < -0.39 is 6.10 Å². The summed E-state index contributed by atoms with van der Waals surface area (Å²) in [6.45, 7) is 0. The number of hydrogen-bond acceptors (Lipinski definition) is 4. The highest BCUT2D eigenvalue weighted by Gasteiger charge is 2.18. The smallest absolute Gasteiger partial charge is 0.166 e. The Bertz CT molecular complexity index is 980. The van der Waals surface area contributed by atoms with Crippen molar-refractivity contribution in [2.24, 2.45) is 0 Å². The Morgan fingerprint density at radius 1 is 0.630 bits per heavy atom. The molecule has 0 amide bonds. The molecule has 0 saturated heterocycles. The summed E-state index contributed by atoms with van der Waals surface area (Å²) < 4.78 is 0.948. The van der Waals surface area contributed by atoms with Gasteiger partial charge in [-0.3, -0.25) is 0 Å². The van der Waals surface area contributed by atoms with Crippen LogP contribution in [-0.4, -0.2) is 20.1 Å². The zero-order valence-electron chi connectivity index (χ0n) is 14.3. The van der Waals surface area contributed by atoms with Crippen molar-refractivity contribution in [1.29, 1.82) is 0 Å². The number of rotatable bonds is 4. The largest absolute Gasteiger partial charge is 0.380 e. The van der Waals surface area contributed by atoms with Crippen LogP contribution in [0.25, 0.3) is 22.8 Å². The molecule has 27 heavy (non-hydrogen) atoms. The minimum Gasteiger partial charge on any atom is -0.380 e. The molecule has 1 heterocycles. The summed E-state index contributed by atoms with van der Waals surface area (Å²) in [5, 5.41) is 10.9. The van der Waals surface area contributed by atoms with Crippen LogP contribution in [0.2, 0.25) is 0 Å². The highest BCUT2D eigenvalue weighted by molar-refractivity contribution is 9.10. The second-order valence-electron chi connectivity index (χ2n) is 6.03. The Kier molecular flexibility index (Phi) is 5.05. The second-order valence-corrected chi connectivity index (χ2v) is 6.94. The maximum Gasteiger partial charge on any atom is 0.166 e. The fourth-order valence-corrected chi connectivity index (χ4v) is 3.01. The first-order chi connectivity index (χ1) is 13.2. The number of benzene rings is 3. The van der Waals surface area contributed by atoms with Gasteiger partial charge in [-0.2, -0.15) is 0 Å². The van der Waals surface area contributed by atoms with Crippen LogP contribution >= 0.6 is 15.9 Å². The van der Waals surface area contributed by atoms with Crippen LogP contribution in [0, 0.1) is 0 Å². The first kappa shape index (κ1) is 17.5. The molecule has 1 N–H and O–H groups in total. The van der Waals surface area contributed by atoms with Gasteiger partial charge in [0.05, 0.1) is 0 Å². The minimum atomic E-state index is -0.939. The lowest BCUT2D eigenvalue weighted by Crippen LogP contribution is -2.09. The van der Waals surface area contributed by atoms with Crippen molar-refractivity contribution < 1.29 is 5.11 Å². The fraction of sp³-hybridized carbons (Fsp3) is 0.0455. The third-order valence-corrected chi connectivity index (χ3v) is 4.68. The normalized spacial score (nSPS) is 11.9. The maximum absolute atomic E-state index is 10.9. The van der Waals surface area contributed by atoms with E-state index in [2.05, 4.69) is 30.9 Å². The van der Waals surface area contributed by atoms with E-state index in [4.69, 9.17) is 0 Å². The lowest BCUT2D eigenvalue weighted by atomic mass is 10.1. The molecule has 4 rings (SSSR count). The van der Waals surface area contributed by atoms with Crippen LogP contribution in [0.5, 0.6) is 0 Å². The van der Waals surface area contributed by atoms with E-state index in [1.165, 1.54) is 0 Å². The number of aliphatic hydroxyl groups excluding tert-OH is 1. The van der Waals surface area contributed by atoms with E-state index >= 15 is 0 Å². The lowest BCUT2D eigenvalue weighted by Gasteiger charge is -2.13. The van der Waals surface area contributed by atoms with Crippen LogP contribution < -0.4 is 0 Å². The zero-order valence-corrected chi connectivity index (χ0v) is 15.9. The molecule has 0 radical (unpaired) electrons. The monoisotopic (exact) mass is 417 g/mol. The van der Waals surface area contributed by atoms with Gasteiger partial charge in [0, 0.05) is 15.6 Å². The zero-order chi connectivity index (χ0) is 18.6. The summed E-state index contributed by atoms with van der Waals surface area (Å²) >= 11 is 3.41. The molecule has 0 bridgehead atoms. The fourth-order valence-electron chi connectivity index (χ4n) is 2.74. The van der Waals surface area contributed by atoms with Crippen molar-refractivity contribution in [3.05, 3.63) is 101 Å². The van der Waals surface area contributed by atoms with E-state index in [1.807, 2.05) is 84.9 Å². The Morgan fingerprint density at radius 3 is 1.59 bits per heavy atom. The van der Waals surface area contributed by atoms with Crippen molar-refractivity contribution in [3.63, 3.8) is 0 Å². The third-order valence-electron chi connectivity index (χ3n) is 4.15. The van der Waals surface area contributed by atoms with Crippen molar-refractivity contribution in [2.45, 2.75) is 6.10 Å². The molecular weight excluding hydrogens is 402 g/mol. The summed E-state index contributed by atoms with van der Waals surface area (Å²) in [5.41, 5.74) is 2.48. The van der Waals surface area contributed by atoms with Crippen LogP contribution in [-0.2, 0) is 0 Å². The van der Waals surface area contributed by atoms with Crippen molar-refractivity contribution >= 4 is 15.9 Å². The van der Waals surface area contributed by atoms with Gasteiger partial charge in [-0.1, -0.05) is 88.7 Å². The molecule has 0 aliphatic rings. The SMILES string of the molecule is OC(c1ccc(Br)cc1)c1nc(-c2ccccc2)nc(-c2ccccc2)n1. The Labute approximate surface area is 165 Å². The van der Waals surface area contributed by atoms with Crippen LogP contribution in [0.3, 0.4) is 0 Å². The van der Waals surface area contributed by atoms with Gasteiger partial charge in [0.1, 0.15) is 6.10 Å². The summed E-state index contributed by atoms with van der Waals surface area (Å²) in [6, 6.07) is 26.9. The summed E-state index contributed by atoms with van der Waals surface area (Å²) in [7, 11) is 0. The first-order valence-electron chi connectivity index (χ1n) is 8.51. The van der Waals surface area contributed by atoms with Crippen molar-refractivity contribution in [3.8, 4) is 22.8 Å². The first-order valence-corrected chi connectivity index (χ1v) is 9.30. The molecule has 0 aliphatic carbocycles. The summed E-state index contributed by atoms with van der Waals surface area (Å²) in [5.74, 6) is 1.40. The number of halogens is 1. The van der Waals surface area contributed by atoms with Gasteiger partial charge in [-0.15, -0.1) is 0 Å². The number of aromatic nitrogens is 3. The molecule has 4 aromatic rings. The van der Waals surface area contributed by atoms with E-state index in [-0.39, 0.29) is 0 Å². The molecule has 1 aromatic heterocycles.